The fraction of sp³-hybridized carbons (Fsp3) is 0.579. The number of aryl methyl sites for hydroxylation is 1. The predicted octanol–water partition coefficient (Wildman–Crippen LogP) is 1.33. The highest BCUT2D eigenvalue weighted by Crippen LogP contribution is 2.40. The normalized spacial score (nSPS) is 21.2. The average molecular weight is 346 g/mol. The number of nitrogens with zero attached hydrogens (tertiary/aromatic N) is 2. The summed E-state index contributed by atoms with van der Waals surface area (Å²) in [4.78, 5) is 27.5. The van der Waals surface area contributed by atoms with Crippen LogP contribution in [0.3, 0.4) is 0 Å². The van der Waals surface area contributed by atoms with Crippen LogP contribution >= 0.6 is 0 Å². The summed E-state index contributed by atoms with van der Waals surface area (Å²) >= 11 is 0. The van der Waals surface area contributed by atoms with E-state index in [1.54, 1.807) is 14.1 Å². The second-order valence-corrected chi connectivity index (χ2v) is 7.23. The lowest BCUT2D eigenvalue weighted by molar-refractivity contribution is -0.141. The van der Waals surface area contributed by atoms with Crippen LogP contribution in [-0.2, 0) is 14.3 Å². The standard InChI is InChI=1S/C19H26N2O4/c1-14-5-4-6-15(9-14)18(23)21-12-19(13-21)16(7-8-25-19)10-24-11-17(22)20(2)3/h4-6,9,16H,7-8,10-13H2,1-3H3/t16-/m1/s1. The van der Waals surface area contributed by atoms with Crippen molar-refractivity contribution in [2.24, 2.45) is 5.92 Å². The number of carbonyl (C=O) groups excluding carboxylic acids is 2. The van der Waals surface area contributed by atoms with E-state index in [0.29, 0.717) is 26.3 Å². The van der Waals surface area contributed by atoms with Gasteiger partial charge in [-0.2, -0.15) is 0 Å². The molecule has 6 heteroatoms. The lowest BCUT2D eigenvalue weighted by Gasteiger charge is -2.50. The summed E-state index contributed by atoms with van der Waals surface area (Å²) in [5.41, 5.74) is 1.49. The highest BCUT2D eigenvalue weighted by atomic mass is 16.5. The van der Waals surface area contributed by atoms with Gasteiger partial charge in [-0.1, -0.05) is 17.7 Å². The lowest BCUT2D eigenvalue weighted by atomic mass is 9.81. The molecular weight excluding hydrogens is 320 g/mol. The highest BCUT2D eigenvalue weighted by molar-refractivity contribution is 5.95. The average Bonchev–Trinajstić information content (AvgIpc) is 2.96. The Hall–Kier alpha value is -1.92. The number of likely N-dealkylation sites (tertiary alicyclic amines) is 1. The topological polar surface area (TPSA) is 59.1 Å². The van der Waals surface area contributed by atoms with E-state index in [-0.39, 0.29) is 29.9 Å². The fourth-order valence-corrected chi connectivity index (χ4v) is 3.49. The molecule has 2 aliphatic rings. The van der Waals surface area contributed by atoms with Crippen LogP contribution in [0.15, 0.2) is 24.3 Å². The van der Waals surface area contributed by atoms with Crippen molar-refractivity contribution in [3.63, 3.8) is 0 Å². The molecular formula is C19H26N2O4. The molecule has 0 aliphatic carbocycles. The second-order valence-electron chi connectivity index (χ2n) is 7.23. The van der Waals surface area contributed by atoms with Gasteiger partial charge in [0.15, 0.2) is 0 Å². The predicted molar refractivity (Wildman–Crippen MR) is 93.4 cm³/mol. The maximum absolute atomic E-state index is 12.6. The molecule has 6 nitrogen and oxygen atoms in total. The third kappa shape index (κ3) is 3.70. The molecule has 1 aromatic carbocycles. The van der Waals surface area contributed by atoms with E-state index in [9.17, 15) is 9.59 Å². The molecule has 0 radical (unpaired) electrons. The fourth-order valence-electron chi connectivity index (χ4n) is 3.49. The number of ether oxygens (including phenoxy) is 2. The van der Waals surface area contributed by atoms with Gasteiger partial charge in [0.2, 0.25) is 5.91 Å². The van der Waals surface area contributed by atoms with E-state index in [1.807, 2.05) is 36.1 Å². The van der Waals surface area contributed by atoms with Gasteiger partial charge >= 0.3 is 0 Å². The molecule has 136 valence electrons. The number of rotatable bonds is 5. The SMILES string of the molecule is Cc1cccc(C(=O)N2CC3(C2)OCC[C@@H]3COCC(=O)N(C)C)c1. The first kappa shape index (κ1) is 17.9. The van der Waals surface area contributed by atoms with Gasteiger partial charge in [-0.05, 0) is 25.5 Å². The zero-order valence-electron chi connectivity index (χ0n) is 15.2. The molecule has 2 saturated heterocycles. The quantitative estimate of drug-likeness (QED) is 0.807. The molecule has 1 aromatic rings. The molecule has 0 aromatic heterocycles. The number of hydrogen-bond acceptors (Lipinski definition) is 4. The maximum atomic E-state index is 12.6. The van der Waals surface area contributed by atoms with E-state index in [1.165, 1.54) is 4.90 Å². The summed E-state index contributed by atoms with van der Waals surface area (Å²) in [5.74, 6) is 0.231. The first-order chi connectivity index (χ1) is 11.9. The Kier molecular flexibility index (Phi) is 5.11. The van der Waals surface area contributed by atoms with Gasteiger partial charge in [-0.15, -0.1) is 0 Å². The minimum atomic E-state index is -0.305. The molecule has 2 heterocycles. The molecule has 25 heavy (non-hydrogen) atoms. The van der Waals surface area contributed by atoms with Crippen molar-refractivity contribution in [2.45, 2.75) is 18.9 Å². The molecule has 0 N–H and O–H groups in total. The molecule has 0 unspecified atom stereocenters. The van der Waals surface area contributed by atoms with Gasteiger partial charge in [-0.25, -0.2) is 0 Å². The minimum Gasteiger partial charge on any atom is -0.371 e. The lowest BCUT2D eigenvalue weighted by Crippen LogP contribution is -2.66. The smallest absolute Gasteiger partial charge is 0.254 e. The molecule has 2 fully saturated rings. The number of amides is 2. The van der Waals surface area contributed by atoms with Crippen molar-refractivity contribution in [1.29, 1.82) is 0 Å². The summed E-state index contributed by atoms with van der Waals surface area (Å²) in [5, 5.41) is 0. The third-order valence-electron chi connectivity index (χ3n) is 5.11. The van der Waals surface area contributed by atoms with Crippen LogP contribution in [0.25, 0.3) is 0 Å². The molecule has 1 atom stereocenters. The van der Waals surface area contributed by atoms with Crippen LogP contribution in [0, 0.1) is 12.8 Å². The van der Waals surface area contributed by atoms with Gasteiger partial charge < -0.3 is 19.3 Å². The summed E-state index contributed by atoms with van der Waals surface area (Å²) in [7, 11) is 3.43. The molecule has 2 aliphatic heterocycles. The first-order valence-electron chi connectivity index (χ1n) is 8.69. The maximum Gasteiger partial charge on any atom is 0.254 e. The summed E-state index contributed by atoms with van der Waals surface area (Å²) < 4.78 is 11.6. The van der Waals surface area contributed by atoms with Gasteiger partial charge in [0.05, 0.1) is 19.7 Å². The van der Waals surface area contributed by atoms with Crippen LogP contribution in [0.4, 0.5) is 0 Å². The number of carbonyl (C=O) groups is 2. The van der Waals surface area contributed by atoms with Gasteiger partial charge in [0, 0.05) is 32.2 Å². The van der Waals surface area contributed by atoms with E-state index in [4.69, 9.17) is 9.47 Å². The van der Waals surface area contributed by atoms with Crippen LogP contribution in [0.2, 0.25) is 0 Å². The van der Waals surface area contributed by atoms with Crippen molar-refractivity contribution in [3.8, 4) is 0 Å². The van der Waals surface area contributed by atoms with Crippen molar-refractivity contribution >= 4 is 11.8 Å². The van der Waals surface area contributed by atoms with E-state index >= 15 is 0 Å². The van der Waals surface area contributed by atoms with Crippen LogP contribution in [-0.4, -0.2) is 74.2 Å². The Labute approximate surface area is 148 Å². The number of benzene rings is 1. The van der Waals surface area contributed by atoms with Crippen LogP contribution in [0.1, 0.15) is 22.3 Å². The largest absolute Gasteiger partial charge is 0.371 e. The summed E-state index contributed by atoms with van der Waals surface area (Å²) in [6, 6.07) is 7.65. The Morgan fingerprint density at radius 3 is 2.80 bits per heavy atom. The second kappa shape index (κ2) is 7.14. The Bertz CT molecular complexity index is 653. The van der Waals surface area contributed by atoms with E-state index < -0.39 is 0 Å². The monoisotopic (exact) mass is 346 g/mol. The first-order valence-corrected chi connectivity index (χ1v) is 8.69. The number of likely N-dealkylation sites (N-methyl/N-ethyl adjacent to an activating group) is 1. The summed E-state index contributed by atoms with van der Waals surface area (Å²) in [6.07, 6.45) is 0.905. The van der Waals surface area contributed by atoms with Crippen LogP contribution in [0.5, 0.6) is 0 Å². The summed E-state index contributed by atoms with van der Waals surface area (Å²) in [6.45, 7) is 4.43. The van der Waals surface area contributed by atoms with Crippen molar-refractivity contribution in [2.75, 3.05) is 47.0 Å². The molecule has 3 rings (SSSR count). The number of hydrogen-bond donors (Lipinski definition) is 0. The van der Waals surface area contributed by atoms with Gasteiger partial charge in [0.25, 0.3) is 5.91 Å². The van der Waals surface area contributed by atoms with Gasteiger partial charge in [-0.3, -0.25) is 9.59 Å². The minimum absolute atomic E-state index is 0.0437. The molecule has 0 bridgehead atoms. The highest BCUT2D eigenvalue weighted by Gasteiger charge is 2.54. The Balaban J connectivity index is 1.53. The Morgan fingerprint density at radius 2 is 2.12 bits per heavy atom. The van der Waals surface area contributed by atoms with Crippen molar-refractivity contribution < 1.29 is 19.1 Å². The van der Waals surface area contributed by atoms with E-state index in [2.05, 4.69) is 0 Å². The van der Waals surface area contributed by atoms with Crippen LogP contribution < -0.4 is 0 Å². The molecule has 2 amide bonds. The van der Waals surface area contributed by atoms with Gasteiger partial charge in [0.1, 0.15) is 12.2 Å². The van der Waals surface area contributed by atoms with Crippen molar-refractivity contribution in [3.05, 3.63) is 35.4 Å². The molecule has 1 spiro atoms. The van der Waals surface area contributed by atoms with Crippen molar-refractivity contribution in [1.82, 2.24) is 9.80 Å². The Morgan fingerprint density at radius 1 is 1.36 bits per heavy atom. The van der Waals surface area contributed by atoms with E-state index in [0.717, 1.165) is 17.5 Å². The zero-order valence-corrected chi connectivity index (χ0v) is 15.2. The zero-order chi connectivity index (χ0) is 18.0. The molecule has 0 saturated carbocycles. The third-order valence-corrected chi connectivity index (χ3v) is 5.11.